The lowest BCUT2D eigenvalue weighted by Crippen LogP contribution is -2.71. The molecule has 0 atom stereocenters. The molecular formula is C9H6F14O. The minimum Gasteiger partial charge on any atom is -0.396 e. The molecule has 0 spiro atoms. The number of rotatable bonds is 8. The SMILES string of the molecule is OCCC(F)(F)C(F)(F)C(F)(F)C(F)(F)C(F)(F)C(F)(F)C(F)F. The molecule has 0 aromatic heterocycles. The van der Waals surface area contributed by atoms with Gasteiger partial charge in [-0.2, -0.15) is 52.7 Å². The van der Waals surface area contributed by atoms with Crippen molar-refractivity contribution in [1.82, 2.24) is 0 Å². The van der Waals surface area contributed by atoms with E-state index in [0.29, 0.717) is 0 Å². The predicted octanol–water partition coefficient (Wildman–Crippen LogP) is 4.45. The smallest absolute Gasteiger partial charge is 0.384 e. The van der Waals surface area contributed by atoms with E-state index in [4.69, 9.17) is 5.11 Å². The highest BCUT2D eigenvalue weighted by Crippen LogP contribution is 2.61. The van der Waals surface area contributed by atoms with Crippen molar-refractivity contribution in [3.8, 4) is 0 Å². The van der Waals surface area contributed by atoms with E-state index in [1.807, 2.05) is 0 Å². The molecule has 0 saturated carbocycles. The number of aliphatic hydroxyl groups is 1. The summed E-state index contributed by atoms with van der Waals surface area (Å²) < 4.78 is 177. The third-order valence-corrected chi connectivity index (χ3v) is 2.76. The lowest BCUT2D eigenvalue weighted by molar-refractivity contribution is -0.433. The van der Waals surface area contributed by atoms with Gasteiger partial charge >= 0.3 is 42.0 Å². The van der Waals surface area contributed by atoms with Crippen molar-refractivity contribution in [1.29, 1.82) is 0 Å². The molecule has 0 bridgehead atoms. The first-order valence-electron chi connectivity index (χ1n) is 5.41. The number of alkyl halides is 14. The Morgan fingerprint density at radius 1 is 0.583 bits per heavy atom. The Kier molecular flexibility index (Phi) is 5.80. The van der Waals surface area contributed by atoms with Crippen LogP contribution >= 0.6 is 0 Å². The molecule has 0 unspecified atom stereocenters. The maximum Gasteiger partial charge on any atom is 0.384 e. The lowest BCUT2D eigenvalue weighted by Gasteiger charge is -2.41. The van der Waals surface area contributed by atoms with Crippen LogP contribution in [0.3, 0.4) is 0 Å². The van der Waals surface area contributed by atoms with Crippen LogP contribution < -0.4 is 0 Å². The van der Waals surface area contributed by atoms with Gasteiger partial charge in [-0.1, -0.05) is 0 Å². The van der Waals surface area contributed by atoms with Crippen molar-refractivity contribution in [2.75, 3.05) is 6.61 Å². The van der Waals surface area contributed by atoms with Crippen molar-refractivity contribution < 1.29 is 66.6 Å². The molecule has 24 heavy (non-hydrogen) atoms. The van der Waals surface area contributed by atoms with Crippen LogP contribution in [-0.4, -0.2) is 53.7 Å². The molecule has 15 heteroatoms. The fraction of sp³-hybridized carbons (Fsp3) is 1.00. The summed E-state index contributed by atoms with van der Waals surface area (Å²) in [5.74, 6) is -44.6. The summed E-state index contributed by atoms with van der Waals surface area (Å²) in [5.41, 5.74) is 0. The van der Waals surface area contributed by atoms with E-state index in [9.17, 15) is 61.5 Å². The van der Waals surface area contributed by atoms with Gasteiger partial charge in [-0.15, -0.1) is 0 Å². The van der Waals surface area contributed by atoms with Gasteiger partial charge in [0.15, 0.2) is 0 Å². The van der Waals surface area contributed by atoms with Crippen molar-refractivity contribution in [2.24, 2.45) is 0 Å². The third-order valence-electron chi connectivity index (χ3n) is 2.76. The zero-order valence-electron chi connectivity index (χ0n) is 10.7. The van der Waals surface area contributed by atoms with E-state index < -0.39 is 55.0 Å². The Hall–Kier alpha value is -1.02. The highest BCUT2D eigenvalue weighted by molar-refractivity contribution is 5.12. The highest BCUT2D eigenvalue weighted by atomic mass is 19.4. The fourth-order valence-corrected chi connectivity index (χ4v) is 1.27. The monoisotopic (exact) mass is 396 g/mol. The average Bonchev–Trinajstić information content (AvgIpc) is 2.37. The summed E-state index contributed by atoms with van der Waals surface area (Å²) in [6.07, 6.45) is -8.34. The summed E-state index contributed by atoms with van der Waals surface area (Å²) in [6, 6.07) is 0. The first-order chi connectivity index (χ1) is 10.3. The van der Waals surface area contributed by atoms with Gasteiger partial charge in [-0.25, -0.2) is 8.78 Å². The normalized spacial score (nSPS) is 16.0. The molecule has 146 valence electrons. The molecule has 0 aliphatic rings. The fourth-order valence-electron chi connectivity index (χ4n) is 1.27. The number of hydrogen-bond acceptors (Lipinski definition) is 1. The van der Waals surface area contributed by atoms with Gasteiger partial charge in [0, 0.05) is 13.0 Å². The van der Waals surface area contributed by atoms with Crippen LogP contribution in [-0.2, 0) is 0 Å². The molecular weight excluding hydrogens is 390 g/mol. The largest absolute Gasteiger partial charge is 0.396 e. The van der Waals surface area contributed by atoms with Crippen LogP contribution in [0.5, 0.6) is 0 Å². The van der Waals surface area contributed by atoms with Crippen molar-refractivity contribution in [2.45, 2.75) is 48.4 Å². The molecule has 0 saturated heterocycles. The zero-order chi connectivity index (χ0) is 20.0. The second-order valence-corrected chi connectivity index (χ2v) is 4.40. The minimum absolute atomic E-state index is 2.01. The molecule has 0 aromatic carbocycles. The zero-order valence-corrected chi connectivity index (χ0v) is 10.7. The maximum absolute atomic E-state index is 13.0. The molecule has 0 radical (unpaired) electrons. The quantitative estimate of drug-likeness (QED) is 0.602. The van der Waals surface area contributed by atoms with E-state index in [1.54, 1.807) is 0 Å². The number of hydrogen-bond donors (Lipinski definition) is 1. The van der Waals surface area contributed by atoms with Crippen molar-refractivity contribution in [3.63, 3.8) is 0 Å². The van der Waals surface area contributed by atoms with Crippen LogP contribution in [0.1, 0.15) is 6.42 Å². The lowest BCUT2D eigenvalue weighted by atomic mass is 9.90. The van der Waals surface area contributed by atoms with E-state index >= 15 is 0 Å². The second kappa shape index (κ2) is 6.05. The molecule has 0 aliphatic heterocycles. The van der Waals surface area contributed by atoms with E-state index in [0.717, 1.165) is 0 Å². The third kappa shape index (κ3) is 2.87. The predicted molar refractivity (Wildman–Crippen MR) is 47.4 cm³/mol. The molecule has 1 N–H and O–H groups in total. The molecule has 0 aromatic rings. The molecule has 0 heterocycles. The van der Waals surface area contributed by atoms with E-state index in [-0.39, 0.29) is 0 Å². The van der Waals surface area contributed by atoms with Gasteiger partial charge in [0.2, 0.25) is 0 Å². The highest BCUT2D eigenvalue weighted by Gasteiger charge is 2.90. The van der Waals surface area contributed by atoms with E-state index in [2.05, 4.69) is 0 Å². The summed E-state index contributed by atoms with van der Waals surface area (Å²) in [5, 5.41) is 7.98. The summed E-state index contributed by atoms with van der Waals surface area (Å²) in [6.45, 7) is -2.01. The summed E-state index contributed by atoms with van der Waals surface area (Å²) in [7, 11) is 0. The molecule has 1 nitrogen and oxygen atoms in total. The Morgan fingerprint density at radius 2 is 0.917 bits per heavy atom. The Balaban J connectivity index is 6.27. The molecule has 0 rings (SSSR count). The standard InChI is InChI=1S/C9H6F14O/c10-3(11)5(14,15)7(18,19)9(22,23)8(20,21)6(16,17)4(12,13)1-2-24/h3,24H,1-2H2. The van der Waals surface area contributed by atoms with Crippen LogP contribution in [0.25, 0.3) is 0 Å². The summed E-state index contributed by atoms with van der Waals surface area (Å²) >= 11 is 0. The summed E-state index contributed by atoms with van der Waals surface area (Å²) in [4.78, 5) is 0. The van der Waals surface area contributed by atoms with Crippen LogP contribution in [0.2, 0.25) is 0 Å². The van der Waals surface area contributed by atoms with Crippen LogP contribution in [0.4, 0.5) is 61.5 Å². The minimum atomic E-state index is -8.01. The van der Waals surface area contributed by atoms with E-state index in [1.165, 1.54) is 0 Å². The van der Waals surface area contributed by atoms with Gasteiger partial charge in [-0.3, -0.25) is 0 Å². The maximum atomic E-state index is 13.0. The second-order valence-electron chi connectivity index (χ2n) is 4.40. The van der Waals surface area contributed by atoms with Crippen LogP contribution in [0.15, 0.2) is 0 Å². The number of halogens is 14. The Labute approximate surface area is 123 Å². The topological polar surface area (TPSA) is 20.2 Å². The van der Waals surface area contributed by atoms with Gasteiger partial charge in [-0.05, 0) is 0 Å². The molecule has 0 fully saturated rings. The molecule has 0 amide bonds. The van der Waals surface area contributed by atoms with Gasteiger partial charge in [0.05, 0.1) is 0 Å². The van der Waals surface area contributed by atoms with Gasteiger partial charge in [0.1, 0.15) is 0 Å². The van der Waals surface area contributed by atoms with Crippen molar-refractivity contribution in [3.05, 3.63) is 0 Å². The number of aliphatic hydroxyl groups excluding tert-OH is 1. The van der Waals surface area contributed by atoms with Gasteiger partial charge in [0.25, 0.3) is 0 Å². The first-order valence-corrected chi connectivity index (χ1v) is 5.41. The Morgan fingerprint density at radius 3 is 1.21 bits per heavy atom. The van der Waals surface area contributed by atoms with Crippen molar-refractivity contribution >= 4 is 0 Å². The van der Waals surface area contributed by atoms with Crippen LogP contribution in [0, 0.1) is 0 Å². The first kappa shape index (κ1) is 23.0. The molecule has 0 aliphatic carbocycles. The Bertz CT molecular complexity index is 442. The van der Waals surface area contributed by atoms with Gasteiger partial charge < -0.3 is 5.11 Å². The average molecular weight is 396 g/mol.